The number of hydrogen-bond donors (Lipinski definition) is 2. The van der Waals surface area contributed by atoms with Gasteiger partial charge in [0.15, 0.2) is 0 Å². The van der Waals surface area contributed by atoms with E-state index in [0.717, 1.165) is 12.2 Å². The predicted octanol–water partition coefficient (Wildman–Crippen LogP) is 3.89. The number of para-hydroxylation sites is 2. The van der Waals surface area contributed by atoms with Gasteiger partial charge in [-0.3, -0.25) is 4.79 Å². The van der Waals surface area contributed by atoms with Crippen LogP contribution in [0.4, 0.5) is 11.6 Å². The molecule has 0 radical (unpaired) electrons. The van der Waals surface area contributed by atoms with Gasteiger partial charge < -0.3 is 15.4 Å². The molecular weight excluding hydrogens is 316 g/mol. The third-order valence-electron chi connectivity index (χ3n) is 3.25. The molecule has 1 aromatic heterocycles. The Bertz CT molecular complexity index is 729. The molecule has 134 valence electrons. The third kappa shape index (κ3) is 5.74. The minimum Gasteiger partial charge on any atom is -0.489 e. The van der Waals surface area contributed by atoms with Gasteiger partial charge in [-0.2, -0.15) is 0 Å². The molecule has 0 aliphatic rings. The van der Waals surface area contributed by atoms with Gasteiger partial charge in [0.25, 0.3) is 5.91 Å². The summed E-state index contributed by atoms with van der Waals surface area (Å²) in [7, 11) is 0. The van der Waals surface area contributed by atoms with Crippen molar-refractivity contribution in [3.63, 3.8) is 0 Å². The molecule has 0 saturated carbocycles. The molecule has 6 nitrogen and oxygen atoms in total. The van der Waals surface area contributed by atoms with E-state index in [9.17, 15) is 4.79 Å². The zero-order chi connectivity index (χ0) is 18.4. The lowest BCUT2D eigenvalue weighted by Crippen LogP contribution is -2.18. The van der Waals surface area contributed by atoms with E-state index >= 15 is 0 Å². The summed E-state index contributed by atoms with van der Waals surface area (Å²) in [5.74, 6) is 1.26. The van der Waals surface area contributed by atoms with E-state index in [1.165, 1.54) is 0 Å². The van der Waals surface area contributed by atoms with Crippen LogP contribution < -0.4 is 15.4 Å². The summed E-state index contributed by atoms with van der Waals surface area (Å²) in [6.45, 7) is 10.7. The molecule has 25 heavy (non-hydrogen) atoms. The highest BCUT2D eigenvalue weighted by Gasteiger charge is 2.14. The van der Waals surface area contributed by atoms with Crippen LogP contribution in [0.25, 0.3) is 0 Å². The normalized spacial score (nSPS) is 10.8. The molecule has 2 aromatic rings. The molecule has 0 aliphatic carbocycles. The molecule has 2 rings (SSSR count). The lowest BCUT2D eigenvalue weighted by molar-refractivity contribution is 0.102. The summed E-state index contributed by atoms with van der Waals surface area (Å²) in [5.41, 5.74) is 1.67. The van der Waals surface area contributed by atoms with Gasteiger partial charge in [0, 0.05) is 12.2 Å². The first-order valence-corrected chi connectivity index (χ1v) is 8.51. The van der Waals surface area contributed by atoms with Crippen molar-refractivity contribution in [3.05, 3.63) is 41.7 Å². The van der Waals surface area contributed by atoms with Gasteiger partial charge in [-0.15, -0.1) is 0 Å². The number of carbonyl (C=O) groups is 1. The Kier molecular flexibility index (Phi) is 6.33. The molecule has 1 heterocycles. The molecule has 0 spiro atoms. The molecule has 0 aliphatic heterocycles. The molecular formula is C19H26N4O2. The Hall–Kier alpha value is -2.63. The summed E-state index contributed by atoms with van der Waals surface area (Å²) in [6.07, 6.45) is 0.0196. The lowest BCUT2D eigenvalue weighted by Gasteiger charge is -2.15. The average molecular weight is 342 g/mol. The number of hydrogen-bond acceptors (Lipinski definition) is 5. The SMILES string of the molecule is Cc1cc(C(=O)Nc2ccccc2OC(C)C)nc(NCC(C)C)n1. The standard InChI is InChI=1S/C19H26N4O2/c1-12(2)11-20-19-21-14(5)10-16(23-19)18(24)22-15-8-6-7-9-17(15)25-13(3)4/h6-10,12-13H,11H2,1-5H3,(H,22,24)(H,20,21,23). The van der Waals surface area contributed by atoms with E-state index in [1.54, 1.807) is 6.07 Å². The van der Waals surface area contributed by atoms with Crippen molar-refractivity contribution in [1.29, 1.82) is 0 Å². The maximum Gasteiger partial charge on any atom is 0.274 e. The third-order valence-corrected chi connectivity index (χ3v) is 3.25. The Morgan fingerprint density at radius 1 is 1.16 bits per heavy atom. The number of aromatic nitrogens is 2. The van der Waals surface area contributed by atoms with Gasteiger partial charge in [-0.1, -0.05) is 26.0 Å². The quantitative estimate of drug-likeness (QED) is 0.798. The first-order valence-electron chi connectivity index (χ1n) is 8.51. The van der Waals surface area contributed by atoms with E-state index in [1.807, 2.05) is 45.0 Å². The second-order valence-corrected chi connectivity index (χ2v) is 6.61. The van der Waals surface area contributed by atoms with E-state index in [2.05, 4.69) is 34.4 Å². The summed E-state index contributed by atoms with van der Waals surface area (Å²) < 4.78 is 5.73. The predicted molar refractivity (Wildman–Crippen MR) is 100 cm³/mol. The fourth-order valence-electron chi connectivity index (χ4n) is 2.17. The van der Waals surface area contributed by atoms with E-state index in [0.29, 0.717) is 29.0 Å². The van der Waals surface area contributed by atoms with Crippen LogP contribution in [0.1, 0.15) is 43.9 Å². The molecule has 0 bridgehead atoms. The summed E-state index contributed by atoms with van der Waals surface area (Å²) in [6, 6.07) is 9.03. The van der Waals surface area contributed by atoms with Crippen LogP contribution in [0, 0.1) is 12.8 Å². The number of anilines is 2. The van der Waals surface area contributed by atoms with E-state index in [4.69, 9.17) is 4.74 Å². The summed E-state index contributed by atoms with van der Waals surface area (Å²) in [5, 5.41) is 6.02. The first kappa shape index (κ1) is 18.7. The van der Waals surface area contributed by atoms with Crippen LogP contribution >= 0.6 is 0 Å². The number of carbonyl (C=O) groups excluding carboxylic acids is 1. The summed E-state index contributed by atoms with van der Waals surface area (Å²) >= 11 is 0. The van der Waals surface area contributed by atoms with Crippen LogP contribution in [-0.4, -0.2) is 28.5 Å². The molecule has 0 fully saturated rings. The first-order chi connectivity index (χ1) is 11.8. The van der Waals surface area contributed by atoms with Crippen molar-refractivity contribution >= 4 is 17.5 Å². The van der Waals surface area contributed by atoms with Gasteiger partial charge in [-0.05, 0) is 44.9 Å². The van der Waals surface area contributed by atoms with Gasteiger partial charge in [0.2, 0.25) is 5.95 Å². The monoisotopic (exact) mass is 342 g/mol. The minimum atomic E-state index is -0.294. The van der Waals surface area contributed by atoms with Crippen molar-refractivity contribution in [2.24, 2.45) is 5.92 Å². The Labute approximate surface area is 149 Å². The molecule has 1 amide bonds. The van der Waals surface area contributed by atoms with Gasteiger partial charge in [0.1, 0.15) is 11.4 Å². The van der Waals surface area contributed by atoms with Gasteiger partial charge in [-0.25, -0.2) is 9.97 Å². The maximum absolute atomic E-state index is 12.6. The average Bonchev–Trinajstić information content (AvgIpc) is 2.53. The molecule has 2 N–H and O–H groups in total. The second-order valence-electron chi connectivity index (χ2n) is 6.61. The fourth-order valence-corrected chi connectivity index (χ4v) is 2.17. The van der Waals surface area contributed by atoms with Crippen LogP contribution in [0.2, 0.25) is 0 Å². The van der Waals surface area contributed by atoms with Crippen LogP contribution in [-0.2, 0) is 0 Å². The van der Waals surface area contributed by atoms with Crippen molar-refractivity contribution in [1.82, 2.24) is 9.97 Å². The Morgan fingerprint density at radius 3 is 2.56 bits per heavy atom. The summed E-state index contributed by atoms with van der Waals surface area (Å²) in [4.78, 5) is 21.3. The van der Waals surface area contributed by atoms with Crippen molar-refractivity contribution in [3.8, 4) is 5.75 Å². The van der Waals surface area contributed by atoms with Crippen LogP contribution in [0.15, 0.2) is 30.3 Å². The zero-order valence-corrected chi connectivity index (χ0v) is 15.5. The largest absolute Gasteiger partial charge is 0.489 e. The minimum absolute atomic E-state index is 0.0196. The van der Waals surface area contributed by atoms with Crippen molar-refractivity contribution < 1.29 is 9.53 Å². The van der Waals surface area contributed by atoms with E-state index < -0.39 is 0 Å². The van der Waals surface area contributed by atoms with Crippen LogP contribution in [0.3, 0.4) is 0 Å². The molecule has 0 saturated heterocycles. The number of rotatable bonds is 7. The highest BCUT2D eigenvalue weighted by molar-refractivity contribution is 6.03. The highest BCUT2D eigenvalue weighted by atomic mass is 16.5. The molecule has 6 heteroatoms. The number of nitrogens with zero attached hydrogens (tertiary/aromatic N) is 2. The molecule has 0 atom stereocenters. The fraction of sp³-hybridized carbons (Fsp3) is 0.421. The molecule has 1 aromatic carbocycles. The lowest BCUT2D eigenvalue weighted by atomic mass is 10.2. The number of amides is 1. The topological polar surface area (TPSA) is 76.1 Å². The zero-order valence-electron chi connectivity index (χ0n) is 15.5. The van der Waals surface area contributed by atoms with Gasteiger partial charge >= 0.3 is 0 Å². The van der Waals surface area contributed by atoms with E-state index in [-0.39, 0.29) is 12.0 Å². The number of ether oxygens (including phenoxy) is 1. The number of aryl methyl sites for hydroxylation is 1. The Morgan fingerprint density at radius 2 is 1.88 bits per heavy atom. The maximum atomic E-state index is 12.6. The highest BCUT2D eigenvalue weighted by Crippen LogP contribution is 2.25. The van der Waals surface area contributed by atoms with Crippen molar-refractivity contribution in [2.45, 2.75) is 40.7 Å². The van der Waals surface area contributed by atoms with Crippen LogP contribution in [0.5, 0.6) is 5.75 Å². The number of benzene rings is 1. The number of nitrogens with one attached hydrogen (secondary N) is 2. The second kappa shape index (κ2) is 8.46. The van der Waals surface area contributed by atoms with Gasteiger partial charge in [0.05, 0.1) is 11.8 Å². The Balaban J connectivity index is 2.18. The molecule has 0 unspecified atom stereocenters. The smallest absolute Gasteiger partial charge is 0.274 e. The van der Waals surface area contributed by atoms with Crippen molar-refractivity contribution in [2.75, 3.05) is 17.2 Å².